The largest absolute Gasteiger partial charge is 0.380 e. The number of Topliss-reactive ketones (excluding diaryl/α,β-unsaturated/α-hetero) is 1. The fraction of sp³-hybridized carbons (Fsp3) is 0.0833. The minimum Gasteiger partial charge on any atom is -0.380 e. The monoisotopic (exact) mass is 252 g/mol. The van der Waals surface area contributed by atoms with Crippen molar-refractivity contribution in [1.29, 1.82) is 0 Å². The smallest absolute Gasteiger partial charge is 0.195 e. The van der Waals surface area contributed by atoms with Crippen LogP contribution in [0.3, 0.4) is 0 Å². The molecule has 0 spiro atoms. The molecule has 0 aliphatic heterocycles. The van der Waals surface area contributed by atoms with Crippen molar-refractivity contribution in [3.8, 4) is 0 Å². The normalized spacial score (nSPS) is 12.4. The first kappa shape index (κ1) is 11.3. The van der Waals surface area contributed by atoms with Crippen LogP contribution in [0, 0.1) is 0 Å². The summed E-state index contributed by atoms with van der Waals surface area (Å²) in [6, 6.07) is 8.23. The van der Waals surface area contributed by atoms with E-state index in [1.165, 1.54) is 11.3 Å². The molecule has 4 heteroatoms. The molecule has 2 aromatic rings. The summed E-state index contributed by atoms with van der Waals surface area (Å²) in [5, 5.41) is 14.0. The molecule has 0 saturated heterocycles. The van der Waals surface area contributed by atoms with Crippen LogP contribution in [0.5, 0.6) is 0 Å². The Bertz CT molecular complexity index is 476. The van der Waals surface area contributed by atoms with Crippen molar-refractivity contribution in [2.24, 2.45) is 0 Å². The number of aliphatic hydroxyl groups excluding tert-OH is 1. The van der Waals surface area contributed by atoms with Crippen molar-refractivity contribution in [2.75, 3.05) is 0 Å². The van der Waals surface area contributed by atoms with Crippen molar-refractivity contribution in [3.63, 3.8) is 0 Å². The SMILES string of the molecule is O=C(c1ccc(Cl)cc1)C(O)c1ccsc1. The van der Waals surface area contributed by atoms with E-state index < -0.39 is 6.10 Å². The van der Waals surface area contributed by atoms with Gasteiger partial charge in [-0.3, -0.25) is 4.79 Å². The molecule has 0 aliphatic carbocycles. The Hall–Kier alpha value is -1.16. The summed E-state index contributed by atoms with van der Waals surface area (Å²) >= 11 is 7.17. The summed E-state index contributed by atoms with van der Waals surface area (Å²) in [4.78, 5) is 11.9. The van der Waals surface area contributed by atoms with E-state index >= 15 is 0 Å². The Labute approximate surface area is 102 Å². The second kappa shape index (κ2) is 4.78. The molecule has 0 radical (unpaired) electrons. The van der Waals surface area contributed by atoms with Gasteiger partial charge in [0.05, 0.1) is 0 Å². The third-order valence-corrected chi connectivity index (χ3v) is 3.19. The lowest BCUT2D eigenvalue weighted by atomic mass is 10.0. The van der Waals surface area contributed by atoms with E-state index in [1.54, 1.807) is 35.7 Å². The predicted octanol–water partition coefficient (Wildman–Crippen LogP) is 3.32. The molecule has 0 amide bonds. The van der Waals surface area contributed by atoms with Gasteiger partial charge in [-0.25, -0.2) is 0 Å². The molecule has 16 heavy (non-hydrogen) atoms. The van der Waals surface area contributed by atoms with Crippen molar-refractivity contribution in [3.05, 3.63) is 57.2 Å². The highest BCUT2D eigenvalue weighted by Crippen LogP contribution is 2.21. The quantitative estimate of drug-likeness (QED) is 0.851. The fourth-order valence-corrected chi connectivity index (χ4v) is 2.16. The van der Waals surface area contributed by atoms with Gasteiger partial charge in [-0.05, 0) is 46.7 Å². The molecule has 2 nitrogen and oxygen atoms in total. The Kier molecular flexibility index (Phi) is 3.39. The zero-order valence-corrected chi connectivity index (χ0v) is 9.83. The van der Waals surface area contributed by atoms with Gasteiger partial charge in [0, 0.05) is 10.6 Å². The number of halogens is 1. The molecule has 0 fully saturated rings. The van der Waals surface area contributed by atoms with Crippen molar-refractivity contribution >= 4 is 28.7 Å². The van der Waals surface area contributed by atoms with Crippen LogP contribution in [0.1, 0.15) is 22.0 Å². The summed E-state index contributed by atoms with van der Waals surface area (Å²) in [7, 11) is 0. The third kappa shape index (κ3) is 2.32. The number of carbonyl (C=O) groups excluding carboxylic acids is 1. The number of hydrogen-bond donors (Lipinski definition) is 1. The molecule has 82 valence electrons. The zero-order chi connectivity index (χ0) is 11.5. The lowest BCUT2D eigenvalue weighted by Gasteiger charge is -2.07. The summed E-state index contributed by atoms with van der Waals surface area (Å²) < 4.78 is 0. The van der Waals surface area contributed by atoms with Gasteiger partial charge in [-0.15, -0.1) is 0 Å². The molecular weight excluding hydrogens is 244 g/mol. The second-order valence-corrected chi connectivity index (χ2v) is 4.55. The Morgan fingerprint density at radius 3 is 2.50 bits per heavy atom. The summed E-state index contributed by atoms with van der Waals surface area (Å²) in [5.41, 5.74) is 1.09. The van der Waals surface area contributed by atoms with Crippen molar-refractivity contribution in [1.82, 2.24) is 0 Å². The number of aliphatic hydroxyl groups is 1. The van der Waals surface area contributed by atoms with Crippen LogP contribution in [-0.2, 0) is 0 Å². The maximum Gasteiger partial charge on any atom is 0.195 e. The molecule has 0 saturated carbocycles. The van der Waals surface area contributed by atoms with Crippen LogP contribution < -0.4 is 0 Å². The van der Waals surface area contributed by atoms with Gasteiger partial charge in [0.15, 0.2) is 5.78 Å². The molecule has 1 heterocycles. The summed E-state index contributed by atoms with van der Waals surface area (Å²) in [6.45, 7) is 0. The van der Waals surface area contributed by atoms with E-state index in [9.17, 15) is 9.90 Å². The van der Waals surface area contributed by atoms with E-state index in [4.69, 9.17) is 11.6 Å². The highest BCUT2D eigenvalue weighted by molar-refractivity contribution is 7.08. The van der Waals surface area contributed by atoms with Gasteiger partial charge >= 0.3 is 0 Å². The molecule has 1 atom stereocenters. The second-order valence-electron chi connectivity index (χ2n) is 3.33. The summed E-state index contributed by atoms with van der Waals surface area (Å²) in [5.74, 6) is -0.310. The maximum atomic E-state index is 11.9. The number of ketones is 1. The van der Waals surface area contributed by atoms with Crippen LogP contribution >= 0.6 is 22.9 Å². The first-order valence-electron chi connectivity index (χ1n) is 4.68. The predicted molar refractivity (Wildman–Crippen MR) is 65.1 cm³/mol. The standard InChI is InChI=1S/C12H9ClO2S/c13-10-3-1-8(2-4-10)11(14)12(15)9-5-6-16-7-9/h1-7,12,15H. The molecule has 0 aliphatic rings. The van der Waals surface area contributed by atoms with E-state index in [-0.39, 0.29) is 5.78 Å². The van der Waals surface area contributed by atoms with Gasteiger partial charge < -0.3 is 5.11 Å². The first-order chi connectivity index (χ1) is 7.68. The van der Waals surface area contributed by atoms with Gasteiger partial charge in [0.1, 0.15) is 6.10 Å². The van der Waals surface area contributed by atoms with Gasteiger partial charge in [-0.2, -0.15) is 11.3 Å². The minimum atomic E-state index is -1.09. The number of rotatable bonds is 3. The fourth-order valence-electron chi connectivity index (χ4n) is 1.35. The van der Waals surface area contributed by atoms with Crippen LogP contribution in [-0.4, -0.2) is 10.9 Å². The number of thiophene rings is 1. The third-order valence-electron chi connectivity index (χ3n) is 2.24. The molecule has 1 aromatic carbocycles. The highest BCUT2D eigenvalue weighted by Gasteiger charge is 2.19. The van der Waals surface area contributed by atoms with Crippen LogP contribution in [0.25, 0.3) is 0 Å². The van der Waals surface area contributed by atoms with E-state index in [0.29, 0.717) is 16.1 Å². The van der Waals surface area contributed by atoms with E-state index in [1.807, 2.05) is 5.38 Å². The maximum absolute atomic E-state index is 11.9. The molecule has 1 N–H and O–H groups in total. The van der Waals surface area contributed by atoms with Gasteiger partial charge in [-0.1, -0.05) is 11.6 Å². The summed E-state index contributed by atoms with van der Waals surface area (Å²) in [6.07, 6.45) is -1.09. The van der Waals surface area contributed by atoms with Crippen LogP contribution in [0.4, 0.5) is 0 Å². The highest BCUT2D eigenvalue weighted by atomic mass is 35.5. The molecule has 1 aromatic heterocycles. The minimum absolute atomic E-state index is 0.310. The molecule has 2 rings (SSSR count). The average molecular weight is 253 g/mol. The van der Waals surface area contributed by atoms with Crippen LogP contribution in [0.2, 0.25) is 5.02 Å². The van der Waals surface area contributed by atoms with Crippen LogP contribution in [0.15, 0.2) is 41.1 Å². The van der Waals surface area contributed by atoms with Crippen molar-refractivity contribution < 1.29 is 9.90 Å². The average Bonchev–Trinajstić information content (AvgIpc) is 2.81. The van der Waals surface area contributed by atoms with Gasteiger partial charge in [0.2, 0.25) is 0 Å². The van der Waals surface area contributed by atoms with E-state index in [0.717, 1.165) is 0 Å². The number of benzene rings is 1. The molecule has 1 unspecified atom stereocenters. The lowest BCUT2D eigenvalue weighted by molar-refractivity contribution is 0.0748. The number of carbonyl (C=O) groups is 1. The Morgan fingerprint density at radius 1 is 1.25 bits per heavy atom. The van der Waals surface area contributed by atoms with E-state index in [2.05, 4.69) is 0 Å². The molecular formula is C12H9ClO2S. The number of hydrogen-bond acceptors (Lipinski definition) is 3. The van der Waals surface area contributed by atoms with Gasteiger partial charge in [0.25, 0.3) is 0 Å². The zero-order valence-electron chi connectivity index (χ0n) is 8.26. The molecule has 0 bridgehead atoms. The topological polar surface area (TPSA) is 37.3 Å². The Morgan fingerprint density at radius 2 is 1.94 bits per heavy atom. The Balaban J connectivity index is 2.22. The van der Waals surface area contributed by atoms with Crippen molar-refractivity contribution in [2.45, 2.75) is 6.10 Å². The lowest BCUT2D eigenvalue weighted by Crippen LogP contribution is -2.11. The first-order valence-corrected chi connectivity index (χ1v) is 6.00.